The number of hydrogen-bond donors (Lipinski definition) is 0. The molecule has 0 heterocycles. The SMILES string of the molecule is CCC(F)[C@H](F)C(F)F. The molecule has 0 saturated carbocycles. The number of rotatable bonds is 3. The molecule has 0 saturated heterocycles. The van der Waals surface area contributed by atoms with Crippen LogP contribution in [0.5, 0.6) is 0 Å². The van der Waals surface area contributed by atoms with E-state index < -0.39 is 18.8 Å². The lowest BCUT2D eigenvalue weighted by atomic mass is 10.2. The van der Waals surface area contributed by atoms with Gasteiger partial charge in [0.1, 0.15) is 6.17 Å². The Hall–Kier alpha value is -0.280. The lowest BCUT2D eigenvalue weighted by Crippen LogP contribution is -2.24. The molecule has 0 aromatic carbocycles. The molecular weight excluding hydrogens is 136 g/mol. The van der Waals surface area contributed by atoms with Crippen molar-refractivity contribution < 1.29 is 17.6 Å². The first-order valence-electron chi connectivity index (χ1n) is 2.65. The molecule has 0 radical (unpaired) electrons. The van der Waals surface area contributed by atoms with Gasteiger partial charge in [0.25, 0.3) is 6.43 Å². The lowest BCUT2D eigenvalue weighted by molar-refractivity contribution is 0.00264. The molecule has 4 heteroatoms. The maximum absolute atomic E-state index is 11.9. The fourth-order valence-corrected chi connectivity index (χ4v) is 0.383. The zero-order chi connectivity index (χ0) is 7.44. The Morgan fingerprint density at radius 3 is 1.67 bits per heavy atom. The molecular formula is C5H8F4. The Labute approximate surface area is 50.9 Å². The average Bonchev–Trinajstić information content (AvgIpc) is 1.84. The van der Waals surface area contributed by atoms with Crippen molar-refractivity contribution in [3.63, 3.8) is 0 Å². The molecule has 2 atom stereocenters. The highest BCUT2D eigenvalue weighted by Crippen LogP contribution is 2.14. The van der Waals surface area contributed by atoms with Crippen LogP contribution in [-0.4, -0.2) is 18.8 Å². The average molecular weight is 144 g/mol. The van der Waals surface area contributed by atoms with Crippen LogP contribution in [0.25, 0.3) is 0 Å². The van der Waals surface area contributed by atoms with Crippen LogP contribution in [-0.2, 0) is 0 Å². The van der Waals surface area contributed by atoms with Gasteiger partial charge in [0.15, 0.2) is 6.17 Å². The molecule has 0 amide bonds. The summed E-state index contributed by atoms with van der Waals surface area (Å²) >= 11 is 0. The molecule has 56 valence electrons. The molecule has 0 spiro atoms. The van der Waals surface area contributed by atoms with E-state index in [1.165, 1.54) is 6.92 Å². The van der Waals surface area contributed by atoms with Crippen LogP contribution >= 0.6 is 0 Å². The van der Waals surface area contributed by atoms with E-state index in [2.05, 4.69) is 0 Å². The zero-order valence-corrected chi connectivity index (χ0v) is 4.95. The molecule has 0 aromatic heterocycles. The van der Waals surface area contributed by atoms with Crippen molar-refractivity contribution in [1.82, 2.24) is 0 Å². The number of hydrogen-bond acceptors (Lipinski definition) is 0. The van der Waals surface area contributed by atoms with Crippen molar-refractivity contribution in [3.05, 3.63) is 0 Å². The second-order valence-corrected chi connectivity index (χ2v) is 1.70. The molecule has 0 N–H and O–H groups in total. The second-order valence-electron chi connectivity index (χ2n) is 1.70. The van der Waals surface area contributed by atoms with E-state index in [1.54, 1.807) is 0 Å². The smallest absolute Gasteiger partial charge is 0.244 e. The van der Waals surface area contributed by atoms with Crippen molar-refractivity contribution in [3.8, 4) is 0 Å². The molecule has 0 aliphatic heterocycles. The Kier molecular flexibility index (Phi) is 3.58. The second kappa shape index (κ2) is 3.69. The quantitative estimate of drug-likeness (QED) is 0.533. The van der Waals surface area contributed by atoms with E-state index in [1.807, 2.05) is 0 Å². The van der Waals surface area contributed by atoms with Gasteiger partial charge in [-0.05, 0) is 6.42 Å². The molecule has 0 aliphatic carbocycles. The molecule has 0 rings (SSSR count). The minimum absolute atomic E-state index is 0.203. The van der Waals surface area contributed by atoms with Crippen LogP contribution < -0.4 is 0 Å². The third-order valence-electron chi connectivity index (χ3n) is 0.976. The van der Waals surface area contributed by atoms with Gasteiger partial charge in [0.2, 0.25) is 0 Å². The number of alkyl halides is 4. The predicted octanol–water partition coefficient (Wildman–Crippen LogP) is 2.34. The Morgan fingerprint density at radius 2 is 1.56 bits per heavy atom. The third-order valence-corrected chi connectivity index (χ3v) is 0.976. The van der Waals surface area contributed by atoms with Gasteiger partial charge in [0.05, 0.1) is 0 Å². The van der Waals surface area contributed by atoms with E-state index in [4.69, 9.17) is 0 Å². The summed E-state index contributed by atoms with van der Waals surface area (Å²) in [6.07, 6.45) is -8.04. The van der Waals surface area contributed by atoms with Gasteiger partial charge in [-0.1, -0.05) is 6.92 Å². The van der Waals surface area contributed by atoms with Crippen molar-refractivity contribution in [2.45, 2.75) is 32.1 Å². The van der Waals surface area contributed by atoms with Crippen LogP contribution in [0.15, 0.2) is 0 Å². The highest BCUT2D eigenvalue weighted by molar-refractivity contribution is 4.67. The van der Waals surface area contributed by atoms with Gasteiger partial charge in [-0.2, -0.15) is 0 Å². The first-order valence-corrected chi connectivity index (χ1v) is 2.65. The van der Waals surface area contributed by atoms with Gasteiger partial charge in [-0.25, -0.2) is 17.6 Å². The molecule has 0 bridgehead atoms. The van der Waals surface area contributed by atoms with Crippen molar-refractivity contribution in [2.75, 3.05) is 0 Å². The lowest BCUT2D eigenvalue weighted by Gasteiger charge is -2.08. The summed E-state index contributed by atoms with van der Waals surface area (Å²) in [5.74, 6) is 0. The third kappa shape index (κ3) is 2.67. The molecule has 9 heavy (non-hydrogen) atoms. The minimum Gasteiger partial charge on any atom is -0.244 e. The van der Waals surface area contributed by atoms with Crippen molar-refractivity contribution in [1.29, 1.82) is 0 Å². The summed E-state index contributed by atoms with van der Waals surface area (Å²) in [6, 6.07) is 0. The van der Waals surface area contributed by atoms with Gasteiger partial charge in [-0.3, -0.25) is 0 Å². The fraction of sp³-hybridized carbons (Fsp3) is 1.00. The molecule has 0 nitrogen and oxygen atoms in total. The summed E-state index contributed by atoms with van der Waals surface area (Å²) in [7, 11) is 0. The van der Waals surface area contributed by atoms with E-state index in [9.17, 15) is 17.6 Å². The largest absolute Gasteiger partial charge is 0.272 e. The normalized spacial score (nSPS) is 18.0. The van der Waals surface area contributed by atoms with Crippen molar-refractivity contribution in [2.24, 2.45) is 0 Å². The fourth-order valence-electron chi connectivity index (χ4n) is 0.383. The molecule has 1 unspecified atom stereocenters. The first kappa shape index (κ1) is 8.72. The summed E-state index contributed by atoms with van der Waals surface area (Å²) in [5.41, 5.74) is 0. The van der Waals surface area contributed by atoms with Crippen LogP contribution in [0.4, 0.5) is 17.6 Å². The van der Waals surface area contributed by atoms with E-state index >= 15 is 0 Å². The highest BCUT2D eigenvalue weighted by atomic mass is 19.3. The zero-order valence-electron chi connectivity index (χ0n) is 4.95. The monoisotopic (exact) mass is 144 g/mol. The van der Waals surface area contributed by atoms with Crippen LogP contribution in [0.3, 0.4) is 0 Å². The topological polar surface area (TPSA) is 0 Å². The Morgan fingerprint density at radius 1 is 1.11 bits per heavy atom. The van der Waals surface area contributed by atoms with Crippen LogP contribution in [0.1, 0.15) is 13.3 Å². The van der Waals surface area contributed by atoms with E-state index in [0.29, 0.717) is 0 Å². The number of halogens is 4. The maximum atomic E-state index is 11.9. The summed E-state index contributed by atoms with van der Waals surface area (Å²) < 4.78 is 46.2. The molecule has 0 aliphatic rings. The predicted molar refractivity (Wildman–Crippen MR) is 26.1 cm³/mol. The van der Waals surface area contributed by atoms with Crippen LogP contribution in [0, 0.1) is 0 Å². The molecule has 0 fully saturated rings. The summed E-state index contributed by atoms with van der Waals surface area (Å²) in [6.45, 7) is 1.32. The van der Waals surface area contributed by atoms with E-state index in [0.717, 1.165) is 0 Å². The van der Waals surface area contributed by atoms with Crippen LogP contribution in [0.2, 0.25) is 0 Å². The van der Waals surface area contributed by atoms with Crippen molar-refractivity contribution >= 4 is 0 Å². The van der Waals surface area contributed by atoms with E-state index in [-0.39, 0.29) is 6.42 Å². The molecule has 0 aromatic rings. The van der Waals surface area contributed by atoms with Gasteiger partial charge < -0.3 is 0 Å². The Balaban J connectivity index is 3.58. The first-order chi connectivity index (χ1) is 4.09. The Bertz CT molecular complexity index is 73.4. The summed E-state index contributed by atoms with van der Waals surface area (Å²) in [4.78, 5) is 0. The maximum Gasteiger partial charge on any atom is 0.272 e. The highest BCUT2D eigenvalue weighted by Gasteiger charge is 2.27. The minimum atomic E-state index is -3.19. The van der Waals surface area contributed by atoms with Gasteiger partial charge in [0, 0.05) is 0 Å². The standard InChI is InChI=1S/C5H8F4/c1-2-3(6)4(7)5(8)9/h3-5H,2H2,1H3/t3?,4-/m0/s1. The van der Waals surface area contributed by atoms with Gasteiger partial charge in [-0.15, -0.1) is 0 Å². The van der Waals surface area contributed by atoms with Gasteiger partial charge >= 0.3 is 0 Å². The summed E-state index contributed by atoms with van der Waals surface area (Å²) in [5, 5.41) is 0.